The molecule has 0 radical (unpaired) electrons. The van der Waals surface area contributed by atoms with E-state index in [1.807, 2.05) is 0 Å². The van der Waals surface area contributed by atoms with Gasteiger partial charge in [-0.2, -0.15) is 13.2 Å². The molecule has 0 saturated carbocycles. The van der Waals surface area contributed by atoms with Crippen molar-refractivity contribution in [1.29, 1.82) is 0 Å². The molecule has 1 aromatic heterocycles. The summed E-state index contributed by atoms with van der Waals surface area (Å²) in [5.41, 5.74) is 5.21. The van der Waals surface area contributed by atoms with Gasteiger partial charge in [-0.15, -0.1) is 0 Å². The smallest absolute Gasteiger partial charge is 0.399 e. The van der Waals surface area contributed by atoms with E-state index in [0.29, 0.717) is 5.52 Å². The van der Waals surface area contributed by atoms with Gasteiger partial charge in [0.15, 0.2) is 5.82 Å². The molecule has 0 aliphatic carbocycles. The Morgan fingerprint density at radius 2 is 1.86 bits per heavy atom. The summed E-state index contributed by atoms with van der Waals surface area (Å²) in [6, 6.07) is 7.42. The van der Waals surface area contributed by atoms with Gasteiger partial charge in [0.2, 0.25) is 0 Å². The van der Waals surface area contributed by atoms with Crippen LogP contribution in [0.5, 0.6) is 0 Å². The Kier molecular flexibility index (Phi) is 2.86. The number of aromatic amines is 1. The van der Waals surface area contributed by atoms with Crippen LogP contribution in [0.25, 0.3) is 22.4 Å². The van der Waals surface area contributed by atoms with Crippen molar-refractivity contribution in [3.8, 4) is 11.4 Å². The van der Waals surface area contributed by atoms with Crippen molar-refractivity contribution in [2.45, 2.75) is 6.18 Å². The number of aromatic nitrogens is 2. The Morgan fingerprint density at radius 1 is 1.10 bits per heavy atom. The molecular formula is C14H9F4N3. The number of para-hydroxylation sites is 1. The third-order valence-corrected chi connectivity index (χ3v) is 3.02. The van der Waals surface area contributed by atoms with E-state index < -0.39 is 17.6 Å². The van der Waals surface area contributed by atoms with Gasteiger partial charge in [-0.3, -0.25) is 0 Å². The molecule has 0 aliphatic heterocycles. The molecule has 0 unspecified atom stereocenters. The van der Waals surface area contributed by atoms with E-state index in [4.69, 9.17) is 5.73 Å². The Hall–Kier alpha value is -2.57. The second kappa shape index (κ2) is 4.47. The van der Waals surface area contributed by atoms with Gasteiger partial charge >= 0.3 is 6.18 Å². The van der Waals surface area contributed by atoms with E-state index in [1.54, 1.807) is 6.07 Å². The van der Waals surface area contributed by atoms with Crippen molar-refractivity contribution in [3.63, 3.8) is 0 Å². The second-order valence-corrected chi connectivity index (χ2v) is 4.56. The van der Waals surface area contributed by atoms with Gasteiger partial charge in [0, 0.05) is 11.3 Å². The lowest BCUT2D eigenvalue weighted by atomic mass is 10.1. The molecule has 0 atom stereocenters. The molecule has 2 aromatic carbocycles. The molecule has 1 heterocycles. The van der Waals surface area contributed by atoms with Crippen LogP contribution in [0, 0.1) is 5.82 Å². The minimum absolute atomic E-state index is 0.0410. The number of hydrogen-bond donors (Lipinski definition) is 2. The zero-order valence-corrected chi connectivity index (χ0v) is 10.5. The monoisotopic (exact) mass is 295 g/mol. The Morgan fingerprint density at radius 3 is 2.52 bits per heavy atom. The normalized spacial score (nSPS) is 12.0. The first-order chi connectivity index (χ1) is 9.84. The van der Waals surface area contributed by atoms with Crippen LogP contribution in [-0.4, -0.2) is 9.97 Å². The Bertz CT molecular complexity index is 821. The fraction of sp³-hybridized carbons (Fsp3) is 0.0714. The van der Waals surface area contributed by atoms with Crippen LogP contribution in [0.2, 0.25) is 0 Å². The Balaban J connectivity index is 2.18. The predicted molar refractivity (Wildman–Crippen MR) is 70.9 cm³/mol. The first-order valence-corrected chi connectivity index (χ1v) is 5.97. The summed E-state index contributed by atoms with van der Waals surface area (Å²) >= 11 is 0. The van der Waals surface area contributed by atoms with Crippen LogP contribution >= 0.6 is 0 Å². The van der Waals surface area contributed by atoms with Crippen molar-refractivity contribution in [2.75, 3.05) is 5.73 Å². The predicted octanol–water partition coefficient (Wildman–Crippen LogP) is 3.97. The fourth-order valence-corrected chi connectivity index (χ4v) is 2.09. The van der Waals surface area contributed by atoms with Crippen LogP contribution in [0.15, 0.2) is 36.4 Å². The average Bonchev–Trinajstić information content (AvgIpc) is 2.82. The number of benzene rings is 2. The summed E-state index contributed by atoms with van der Waals surface area (Å²) in [6.07, 6.45) is -4.51. The minimum atomic E-state index is -4.51. The lowest BCUT2D eigenvalue weighted by molar-refractivity contribution is -0.137. The largest absolute Gasteiger partial charge is 0.416 e. The molecular weight excluding hydrogens is 286 g/mol. The number of nitrogens with zero attached hydrogens (tertiary/aromatic N) is 1. The van der Waals surface area contributed by atoms with Crippen molar-refractivity contribution >= 4 is 16.7 Å². The number of hydrogen-bond acceptors (Lipinski definition) is 2. The number of rotatable bonds is 1. The van der Waals surface area contributed by atoms with Crippen LogP contribution < -0.4 is 5.73 Å². The number of nitrogen functional groups attached to an aromatic ring is 1. The number of H-pyrrole nitrogens is 1. The highest BCUT2D eigenvalue weighted by atomic mass is 19.4. The first-order valence-electron chi connectivity index (χ1n) is 5.97. The van der Waals surface area contributed by atoms with Gasteiger partial charge in [-0.1, -0.05) is 6.07 Å². The number of fused-ring (bicyclic) bond motifs is 1. The third-order valence-electron chi connectivity index (χ3n) is 3.02. The standard InChI is InChI=1S/C14H9F4N3/c15-10-2-1-3-11-12(10)21-13(20-11)7-4-8(14(16,17)18)6-9(19)5-7/h1-6H,19H2,(H,20,21). The molecule has 7 heteroatoms. The van der Waals surface area contributed by atoms with Gasteiger partial charge in [0.05, 0.1) is 11.1 Å². The summed E-state index contributed by atoms with van der Waals surface area (Å²) in [6.45, 7) is 0. The van der Waals surface area contributed by atoms with Gasteiger partial charge in [-0.25, -0.2) is 9.37 Å². The second-order valence-electron chi connectivity index (χ2n) is 4.56. The topological polar surface area (TPSA) is 54.7 Å². The molecule has 0 spiro atoms. The van der Waals surface area contributed by atoms with Gasteiger partial charge < -0.3 is 10.7 Å². The van der Waals surface area contributed by atoms with Crippen molar-refractivity contribution in [3.05, 3.63) is 47.8 Å². The molecule has 0 bridgehead atoms. The molecule has 0 saturated heterocycles. The van der Waals surface area contributed by atoms with E-state index in [2.05, 4.69) is 9.97 Å². The zero-order valence-electron chi connectivity index (χ0n) is 10.5. The molecule has 0 aliphatic rings. The number of nitrogens with one attached hydrogen (secondary N) is 1. The SMILES string of the molecule is Nc1cc(-c2nc3c(F)cccc3[nH]2)cc(C(F)(F)F)c1. The fourth-order valence-electron chi connectivity index (χ4n) is 2.09. The Labute approximate surface area is 116 Å². The van der Waals surface area contributed by atoms with E-state index in [-0.39, 0.29) is 22.6 Å². The third kappa shape index (κ3) is 2.42. The van der Waals surface area contributed by atoms with Crippen LogP contribution in [0.1, 0.15) is 5.56 Å². The number of imidazole rings is 1. The quantitative estimate of drug-likeness (QED) is 0.527. The van der Waals surface area contributed by atoms with E-state index in [9.17, 15) is 17.6 Å². The maximum Gasteiger partial charge on any atom is 0.416 e. The van der Waals surface area contributed by atoms with Crippen LogP contribution in [-0.2, 0) is 6.18 Å². The maximum atomic E-state index is 13.6. The number of nitrogens with two attached hydrogens (primary N) is 1. The molecule has 21 heavy (non-hydrogen) atoms. The summed E-state index contributed by atoms with van der Waals surface area (Å²) in [5, 5.41) is 0. The average molecular weight is 295 g/mol. The highest BCUT2D eigenvalue weighted by Gasteiger charge is 2.31. The van der Waals surface area contributed by atoms with Gasteiger partial charge in [0.1, 0.15) is 11.3 Å². The van der Waals surface area contributed by atoms with Crippen molar-refractivity contribution < 1.29 is 17.6 Å². The number of alkyl halides is 3. The maximum absolute atomic E-state index is 13.6. The molecule has 3 nitrogen and oxygen atoms in total. The summed E-state index contributed by atoms with van der Waals surface area (Å²) in [4.78, 5) is 6.78. The van der Waals surface area contributed by atoms with Crippen LogP contribution in [0.4, 0.5) is 23.2 Å². The first kappa shape index (κ1) is 13.4. The number of halogens is 4. The number of anilines is 1. The summed E-state index contributed by atoms with van der Waals surface area (Å²) in [5.74, 6) is -0.414. The molecule has 3 N–H and O–H groups in total. The van der Waals surface area contributed by atoms with E-state index in [0.717, 1.165) is 12.1 Å². The van der Waals surface area contributed by atoms with Crippen molar-refractivity contribution in [1.82, 2.24) is 9.97 Å². The van der Waals surface area contributed by atoms with E-state index in [1.165, 1.54) is 18.2 Å². The zero-order chi connectivity index (χ0) is 15.2. The molecule has 108 valence electrons. The highest BCUT2D eigenvalue weighted by Crippen LogP contribution is 2.34. The highest BCUT2D eigenvalue weighted by molar-refractivity contribution is 5.80. The lowest BCUT2D eigenvalue weighted by Gasteiger charge is -2.09. The van der Waals surface area contributed by atoms with Gasteiger partial charge in [0.25, 0.3) is 0 Å². The molecule has 3 rings (SSSR count). The van der Waals surface area contributed by atoms with Crippen molar-refractivity contribution in [2.24, 2.45) is 0 Å². The molecule has 0 fully saturated rings. The van der Waals surface area contributed by atoms with Crippen LogP contribution in [0.3, 0.4) is 0 Å². The molecule has 3 aromatic rings. The van der Waals surface area contributed by atoms with E-state index >= 15 is 0 Å². The summed E-state index contributed by atoms with van der Waals surface area (Å²) in [7, 11) is 0. The lowest BCUT2D eigenvalue weighted by Crippen LogP contribution is -2.06. The molecule has 0 amide bonds. The minimum Gasteiger partial charge on any atom is -0.399 e. The summed E-state index contributed by atoms with van der Waals surface area (Å²) < 4.78 is 51.9. The van der Waals surface area contributed by atoms with Gasteiger partial charge in [-0.05, 0) is 30.3 Å².